The highest BCUT2D eigenvalue weighted by atomic mass is 19.4. The summed E-state index contributed by atoms with van der Waals surface area (Å²) >= 11 is 0. The van der Waals surface area contributed by atoms with Crippen LogP contribution in [0.15, 0.2) is 72.9 Å². The van der Waals surface area contributed by atoms with E-state index < -0.39 is 12.1 Å². The number of ketones is 1. The van der Waals surface area contributed by atoms with Gasteiger partial charge in [-0.3, -0.25) is 14.6 Å². The number of nitrogens with zero attached hydrogens (tertiary/aromatic N) is 1. The van der Waals surface area contributed by atoms with Crippen LogP contribution in [-0.2, 0) is 13.0 Å². The summed E-state index contributed by atoms with van der Waals surface area (Å²) in [6, 6.07) is 17.1. The second-order valence-electron chi connectivity index (χ2n) is 6.38. The van der Waals surface area contributed by atoms with Crippen LogP contribution >= 0.6 is 0 Å². The minimum Gasteiger partial charge on any atom is -0.406 e. The van der Waals surface area contributed by atoms with Crippen molar-refractivity contribution in [2.45, 2.75) is 19.3 Å². The van der Waals surface area contributed by atoms with E-state index in [1.165, 1.54) is 30.5 Å². The number of rotatable bonds is 7. The third-order valence-corrected chi connectivity index (χ3v) is 4.13. The van der Waals surface area contributed by atoms with E-state index >= 15 is 0 Å². The highest BCUT2D eigenvalue weighted by Gasteiger charge is 2.31. The maximum atomic E-state index is 12.4. The summed E-state index contributed by atoms with van der Waals surface area (Å²) in [7, 11) is 0. The Morgan fingerprint density at radius 3 is 2.30 bits per heavy atom. The highest BCUT2D eigenvalue weighted by Crippen LogP contribution is 2.23. The summed E-state index contributed by atoms with van der Waals surface area (Å²) in [5.74, 6) is -1.05. The Balaban J connectivity index is 1.61. The number of carbonyl (C=O) groups excluding carboxylic acids is 2. The summed E-state index contributed by atoms with van der Waals surface area (Å²) in [4.78, 5) is 28.8. The van der Waals surface area contributed by atoms with Crippen LogP contribution < -0.4 is 10.1 Å². The molecule has 1 aromatic heterocycles. The fraction of sp³-hybridized carbons (Fsp3) is 0.136. The standard InChI is InChI=1S/C22H17F3N2O3/c23-22(24,25)30-19-8-6-16(7-9-19)20(28)13-18-12-17(10-11-26-18)21(29)27-14-15-4-2-1-3-5-15/h1-12H,13-14H2,(H,27,29). The Morgan fingerprint density at radius 2 is 1.63 bits per heavy atom. The van der Waals surface area contributed by atoms with Crippen LogP contribution in [-0.4, -0.2) is 23.0 Å². The molecule has 30 heavy (non-hydrogen) atoms. The number of hydrogen-bond acceptors (Lipinski definition) is 4. The Kier molecular flexibility index (Phi) is 6.46. The summed E-state index contributed by atoms with van der Waals surface area (Å²) < 4.78 is 40.4. The van der Waals surface area contributed by atoms with E-state index in [0.29, 0.717) is 17.8 Å². The molecule has 3 aromatic rings. The zero-order valence-electron chi connectivity index (χ0n) is 15.6. The second-order valence-corrected chi connectivity index (χ2v) is 6.38. The average molecular weight is 414 g/mol. The van der Waals surface area contributed by atoms with E-state index in [0.717, 1.165) is 17.7 Å². The van der Waals surface area contributed by atoms with Crippen molar-refractivity contribution in [1.82, 2.24) is 10.3 Å². The van der Waals surface area contributed by atoms with Crippen LogP contribution in [0.3, 0.4) is 0 Å². The second kappa shape index (κ2) is 9.21. The van der Waals surface area contributed by atoms with Crippen molar-refractivity contribution in [2.24, 2.45) is 0 Å². The maximum Gasteiger partial charge on any atom is 0.573 e. The van der Waals surface area contributed by atoms with E-state index in [-0.39, 0.29) is 23.7 Å². The van der Waals surface area contributed by atoms with E-state index in [9.17, 15) is 22.8 Å². The Bertz CT molecular complexity index is 1020. The minimum atomic E-state index is -4.79. The monoisotopic (exact) mass is 414 g/mol. The number of ether oxygens (including phenoxy) is 1. The lowest BCUT2D eigenvalue weighted by Crippen LogP contribution is -2.23. The van der Waals surface area contributed by atoms with Gasteiger partial charge in [0, 0.05) is 29.6 Å². The highest BCUT2D eigenvalue weighted by molar-refractivity contribution is 5.98. The van der Waals surface area contributed by atoms with Gasteiger partial charge in [-0.1, -0.05) is 30.3 Å². The number of halogens is 3. The van der Waals surface area contributed by atoms with Gasteiger partial charge in [0.05, 0.1) is 6.42 Å². The van der Waals surface area contributed by atoms with Crippen LogP contribution in [0.1, 0.15) is 32.0 Å². The molecule has 1 N–H and O–H groups in total. The molecular weight excluding hydrogens is 397 g/mol. The Hall–Kier alpha value is -3.68. The molecule has 0 aliphatic heterocycles. The van der Waals surface area contributed by atoms with Crippen molar-refractivity contribution in [2.75, 3.05) is 0 Å². The maximum absolute atomic E-state index is 12.4. The van der Waals surface area contributed by atoms with Crippen molar-refractivity contribution in [3.8, 4) is 5.75 Å². The van der Waals surface area contributed by atoms with Gasteiger partial charge in [-0.2, -0.15) is 0 Å². The van der Waals surface area contributed by atoms with E-state index in [4.69, 9.17) is 0 Å². The number of carbonyl (C=O) groups is 2. The first-order chi connectivity index (χ1) is 14.3. The number of aromatic nitrogens is 1. The van der Waals surface area contributed by atoms with Crippen LogP contribution in [0.25, 0.3) is 0 Å². The fourth-order valence-electron chi connectivity index (χ4n) is 2.71. The number of amides is 1. The number of pyridine rings is 1. The molecule has 0 saturated heterocycles. The topological polar surface area (TPSA) is 68.3 Å². The van der Waals surface area contributed by atoms with Gasteiger partial charge in [-0.15, -0.1) is 13.2 Å². The quantitative estimate of drug-likeness (QED) is 0.584. The first-order valence-corrected chi connectivity index (χ1v) is 8.96. The molecule has 0 bridgehead atoms. The molecular formula is C22H17F3N2O3. The van der Waals surface area contributed by atoms with Gasteiger partial charge in [0.2, 0.25) is 0 Å². The minimum absolute atomic E-state index is 0.0979. The summed E-state index contributed by atoms with van der Waals surface area (Å²) in [6.45, 7) is 0.364. The Labute approximate surface area is 170 Å². The SMILES string of the molecule is O=C(Cc1cc(C(=O)NCc2ccccc2)ccn1)c1ccc(OC(F)(F)F)cc1. The van der Waals surface area contributed by atoms with Gasteiger partial charge < -0.3 is 10.1 Å². The third kappa shape index (κ3) is 6.16. The molecule has 0 aliphatic carbocycles. The van der Waals surface area contributed by atoms with Crippen LogP contribution in [0.4, 0.5) is 13.2 Å². The molecule has 154 valence electrons. The number of alkyl halides is 3. The van der Waals surface area contributed by atoms with Crippen LogP contribution in [0, 0.1) is 0 Å². The molecule has 0 saturated carbocycles. The average Bonchev–Trinajstić information content (AvgIpc) is 2.72. The largest absolute Gasteiger partial charge is 0.573 e. The normalized spacial score (nSPS) is 11.0. The van der Waals surface area contributed by atoms with Crippen molar-refractivity contribution in [3.05, 3.63) is 95.3 Å². The number of Topliss-reactive ketones (excluding diaryl/α,β-unsaturated/α-hetero) is 1. The number of benzene rings is 2. The van der Waals surface area contributed by atoms with Crippen molar-refractivity contribution >= 4 is 11.7 Å². The zero-order chi connectivity index (χ0) is 21.6. The van der Waals surface area contributed by atoms with Gasteiger partial charge in [-0.25, -0.2) is 0 Å². The van der Waals surface area contributed by atoms with Gasteiger partial charge >= 0.3 is 6.36 Å². The predicted octanol–water partition coefficient (Wildman–Crippen LogP) is 4.34. The van der Waals surface area contributed by atoms with Gasteiger partial charge in [0.1, 0.15) is 5.75 Å². The first kappa shape index (κ1) is 21.0. The first-order valence-electron chi connectivity index (χ1n) is 8.96. The number of hydrogen-bond donors (Lipinski definition) is 1. The molecule has 0 fully saturated rings. The van der Waals surface area contributed by atoms with E-state index in [2.05, 4.69) is 15.0 Å². The molecule has 3 rings (SSSR count). The smallest absolute Gasteiger partial charge is 0.406 e. The van der Waals surface area contributed by atoms with Gasteiger partial charge in [0.25, 0.3) is 5.91 Å². The predicted molar refractivity (Wildman–Crippen MR) is 103 cm³/mol. The van der Waals surface area contributed by atoms with Crippen molar-refractivity contribution in [1.29, 1.82) is 0 Å². The zero-order valence-corrected chi connectivity index (χ0v) is 15.6. The van der Waals surface area contributed by atoms with Crippen molar-refractivity contribution in [3.63, 3.8) is 0 Å². The van der Waals surface area contributed by atoms with Gasteiger partial charge in [0.15, 0.2) is 5.78 Å². The molecule has 1 heterocycles. The molecule has 0 radical (unpaired) electrons. The molecule has 5 nitrogen and oxygen atoms in total. The Morgan fingerprint density at radius 1 is 0.933 bits per heavy atom. The molecule has 8 heteroatoms. The molecule has 2 aromatic carbocycles. The lowest BCUT2D eigenvalue weighted by Gasteiger charge is -2.09. The van der Waals surface area contributed by atoms with Crippen LogP contribution in [0.2, 0.25) is 0 Å². The van der Waals surface area contributed by atoms with E-state index in [1.54, 1.807) is 0 Å². The van der Waals surface area contributed by atoms with E-state index in [1.807, 2.05) is 30.3 Å². The van der Waals surface area contributed by atoms with Crippen molar-refractivity contribution < 1.29 is 27.5 Å². The molecule has 0 unspecified atom stereocenters. The summed E-state index contributed by atoms with van der Waals surface area (Å²) in [6.07, 6.45) is -3.46. The molecule has 1 amide bonds. The fourth-order valence-corrected chi connectivity index (χ4v) is 2.71. The lowest BCUT2D eigenvalue weighted by molar-refractivity contribution is -0.274. The molecule has 0 atom stereocenters. The summed E-state index contributed by atoms with van der Waals surface area (Å²) in [5, 5.41) is 2.79. The summed E-state index contributed by atoms with van der Waals surface area (Å²) in [5.41, 5.74) is 1.90. The molecule has 0 spiro atoms. The number of nitrogens with one attached hydrogen (secondary N) is 1. The lowest BCUT2D eigenvalue weighted by atomic mass is 10.0. The van der Waals surface area contributed by atoms with Crippen LogP contribution in [0.5, 0.6) is 5.75 Å². The molecule has 0 aliphatic rings. The van der Waals surface area contributed by atoms with Gasteiger partial charge in [-0.05, 0) is 42.0 Å². The third-order valence-electron chi connectivity index (χ3n) is 4.13.